The van der Waals surface area contributed by atoms with Gasteiger partial charge in [0.15, 0.2) is 6.29 Å². The van der Waals surface area contributed by atoms with Gasteiger partial charge >= 0.3 is 0 Å². The normalized spacial score (nSPS) is 16.5. The molecule has 0 aliphatic carbocycles. The average molecular weight is 604 g/mol. The van der Waals surface area contributed by atoms with Crippen molar-refractivity contribution in [2.45, 2.75) is 86.5 Å². The number of ether oxygens (including phenoxy) is 3. The second kappa shape index (κ2) is 13.8. The molecule has 0 radical (unpaired) electrons. The van der Waals surface area contributed by atoms with Crippen LogP contribution in [0, 0.1) is 26.2 Å². The van der Waals surface area contributed by atoms with Gasteiger partial charge in [-0.15, -0.1) is 0 Å². The molecule has 2 amide bonds. The van der Waals surface area contributed by atoms with Crippen molar-refractivity contribution in [1.82, 2.24) is 10.4 Å². The van der Waals surface area contributed by atoms with Gasteiger partial charge in [-0.3, -0.25) is 15.0 Å². The van der Waals surface area contributed by atoms with Crippen molar-refractivity contribution in [1.29, 1.82) is 0 Å². The van der Waals surface area contributed by atoms with E-state index >= 15 is 0 Å². The SMILES string of the molecule is CCC(N(NC(=O)c1ccc(Br)c(OCCOC2CCCCO2)c1C)C(=O)c1cc(C)cc(C)c1)C(C)(C)C. The van der Waals surface area contributed by atoms with Crippen molar-refractivity contribution >= 4 is 27.7 Å². The molecule has 0 bridgehead atoms. The molecule has 1 aliphatic rings. The fourth-order valence-corrected chi connectivity index (χ4v) is 5.65. The van der Waals surface area contributed by atoms with Crippen LogP contribution in [0.2, 0.25) is 0 Å². The fraction of sp³-hybridized carbons (Fsp3) is 0.548. The minimum Gasteiger partial charge on any atom is -0.490 e. The molecule has 1 N–H and O–H groups in total. The molecule has 7 nitrogen and oxygen atoms in total. The molecule has 39 heavy (non-hydrogen) atoms. The Morgan fingerprint density at radius 2 is 1.79 bits per heavy atom. The summed E-state index contributed by atoms with van der Waals surface area (Å²) < 4.78 is 18.2. The zero-order chi connectivity index (χ0) is 28.7. The summed E-state index contributed by atoms with van der Waals surface area (Å²) in [6.45, 7) is 15.5. The van der Waals surface area contributed by atoms with Crippen LogP contribution in [-0.4, -0.2) is 49.0 Å². The quantitative estimate of drug-likeness (QED) is 0.249. The molecule has 1 aliphatic heterocycles. The molecule has 0 saturated carbocycles. The van der Waals surface area contributed by atoms with Gasteiger partial charge in [-0.25, -0.2) is 5.01 Å². The minimum atomic E-state index is -0.364. The highest BCUT2D eigenvalue weighted by Crippen LogP contribution is 2.32. The molecule has 2 unspecified atom stereocenters. The molecule has 3 rings (SSSR count). The Balaban J connectivity index is 1.81. The van der Waals surface area contributed by atoms with Crippen molar-refractivity contribution in [2.24, 2.45) is 5.41 Å². The Morgan fingerprint density at radius 1 is 1.10 bits per heavy atom. The molecule has 0 aromatic heterocycles. The van der Waals surface area contributed by atoms with Crippen molar-refractivity contribution in [3.8, 4) is 5.75 Å². The van der Waals surface area contributed by atoms with Gasteiger partial charge in [-0.2, -0.15) is 0 Å². The van der Waals surface area contributed by atoms with E-state index in [0.717, 1.165) is 41.5 Å². The van der Waals surface area contributed by atoms with Gasteiger partial charge in [0.1, 0.15) is 12.4 Å². The fourth-order valence-electron chi connectivity index (χ4n) is 5.11. The van der Waals surface area contributed by atoms with Crippen molar-refractivity contribution < 1.29 is 23.8 Å². The number of carbonyl (C=O) groups is 2. The number of nitrogens with one attached hydrogen (secondary N) is 1. The average Bonchev–Trinajstić information content (AvgIpc) is 2.86. The van der Waals surface area contributed by atoms with E-state index in [2.05, 4.69) is 42.1 Å². The third kappa shape index (κ3) is 8.29. The Bertz CT molecular complexity index is 1130. The van der Waals surface area contributed by atoms with E-state index in [9.17, 15) is 9.59 Å². The van der Waals surface area contributed by atoms with E-state index in [4.69, 9.17) is 14.2 Å². The third-order valence-corrected chi connectivity index (χ3v) is 7.61. The molecule has 1 fully saturated rings. The predicted octanol–water partition coefficient (Wildman–Crippen LogP) is 6.91. The maximum absolute atomic E-state index is 13.8. The van der Waals surface area contributed by atoms with Crippen LogP contribution in [-0.2, 0) is 9.47 Å². The first-order valence-electron chi connectivity index (χ1n) is 13.8. The Labute approximate surface area is 241 Å². The van der Waals surface area contributed by atoms with Crippen molar-refractivity contribution in [3.05, 3.63) is 62.6 Å². The highest BCUT2D eigenvalue weighted by atomic mass is 79.9. The second-order valence-electron chi connectivity index (χ2n) is 11.3. The summed E-state index contributed by atoms with van der Waals surface area (Å²) >= 11 is 3.55. The first-order valence-corrected chi connectivity index (χ1v) is 14.6. The smallest absolute Gasteiger partial charge is 0.272 e. The molecular formula is C31H43BrN2O5. The van der Waals surface area contributed by atoms with Crippen LogP contribution in [0.15, 0.2) is 34.8 Å². The van der Waals surface area contributed by atoms with Gasteiger partial charge in [0.05, 0.1) is 17.1 Å². The van der Waals surface area contributed by atoms with Gasteiger partial charge in [0.25, 0.3) is 11.8 Å². The highest BCUT2D eigenvalue weighted by Gasteiger charge is 2.34. The summed E-state index contributed by atoms with van der Waals surface area (Å²) in [6.07, 6.45) is 3.56. The zero-order valence-corrected chi connectivity index (χ0v) is 25.9. The molecule has 214 valence electrons. The number of carbonyl (C=O) groups excluding carboxylic acids is 2. The number of rotatable bonds is 9. The second-order valence-corrected chi connectivity index (χ2v) is 12.2. The van der Waals surface area contributed by atoms with Crippen LogP contribution in [0.25, 0.3) is 0 Å². The van der Waals surface area contributed by atoms with Crippen LogP contribution in [0.1, 0.15) is 90.8 Å². The Morgan fingerprint density at radius 3 is 2.38 bits per heavy atom. The highest BCUT2D eigenvalue weighted by molar-refractivity contribution is 9.10. The van der Waals surface area contributed by atoms with E-state index in [1.165, 1.54) is 5.01 Å². The number of amides is 2. The first kappa shape index (κ1) is 31.1. The van der Waals surface area contributed by atoms with E-state index in [1.54, 1.807) is 12.1 Å². The lowest BCUT2D eigenvalue weighted by molar-refractivity contribution is -0.165. The van der Waals surface area contributed by atoms with Gasteiger partial charge < -0.3 is 14.2 Å². The van der Waals surface area contributed by atoms with Crippen LogP contribution >= 0.6 is 15.9 Å². The molecule has 0 spiro atoms. The molecule has 8 heteroatoms. The van der Waals surface area contributed by atoms with Gasteiger partial charge in [-0.1, -0.05) is 44.9 Å². The predicted molar refractivity (Wildman–Crippen MR) is 157 cm³/mol. The summed E-state index contributed by atoms with van der Waals surface area (Å²) in [7, 11) is 0. The number of aryl methyl sites for hydroxylation is 2. The maximum Gasteiger partial charge on any atom is 0.272 e. The Hall–Kier alpha value is -2.42. The zero-order valence-electron chi connectivity index (χ0n) is 24.4. The molecule has 2 aromatic carbocycles. The summed E-state index contributed by atoms with van der Waals surface area (Å²) in [5.41, 5.74) is 6.36. The molecule has 1 saturated heterocycles. The molecule has 2 atom stereocenters. The largest absolute Gasteiger partial charge is 0.490 e. The monoisotopic (exact) mass is 602 g/mol. The van der Waals surface area contributed by atoms with Crippen molar-refractivity contribution in [3.63, 3.8) is 0 Å². The van der Waals surface area contributed by atoms with E-state index in [0.29, 0.717) is 42.1 Å². The van der Waals surface area contributed by atoms with E-state index < -0.39 is 0 Å². The van der Waals surface area contributed by atoms with Crippen LogP contribution in [0.5, 0.6) is 5.75 Å². The topological polar surface area (TPSA) is 77.1 Å². The molecule has 1 heterocycles. The standard InChI is InChI=1S/C31H43BrN2O5/c1-8-26(31(5,6)7)34(30(36)23-18-20(2)17-21(3)19-23)33-29(35)24-12-13-25(32)28(22(24)4)39-16-15-38-27-11-9-10-14-37-27/h12-13,17-19,26-27H,8-11,14-16H2,1-7H3,(H,33,35). The third-order valence-electron chi connectivity index (χ3n) is 6.98. The summed E-state index contributed by atoms with van der Waals surface area (Å²) in [5, 5.41) is 1.51. The number of hydrogen-bond acceptors (Lipinski definition) is 5. The van der Waals surface area contributed by atoms with Gasteiger partial charge in [0, 0.05) is 23.3 Å². The van der Waals surface area contributed by atoms with Crippen molar-refractivity contribution in [2.75, 3.05) is 19.8 Å². The number of hydrazine groups is 1. The number of nitrogens with zero attached hydrogens (tertiary/aromatic N) is 1. The van der Waals surface area contributed by atoms with Crippen LogP contribution in [0.4, 0.5) is 0 Å². The number of benzene rings is 2. The lowest BCUT2D eigenvalue weighted by Crippen LogP contribution is -2.56. The lowest BCUT2D eigenvalue weighted by Gasteiger charge is -2.39. The van der Waals surface area contributed by atoms with E-state index in [-0.39, 0.29) is 29.6 Å². The summed E-state index contributed by atoms with van der Waals surface area (Å²) in [4.78, 5) is 27.5. The van der Waals surface area contributed by atoms with E-state index in [1.807, 2.05) is 45.9 Å². The van der Waals surface area contributed by atoms with Gasteiger partial charge in [-0.05, 0) is 92.1 Å². The van der Waals surface area contributed by atoms with Crippen LogP contribution in [0.3, 0.4) is 0 Å². The Kier molecular flexibility index (Phi) is 11.0. The lowest BCUT2D eigenvalue weighted by atomic mass is 9.84. The molecular weight excluding hydrogens is 560 g/mol. The minimum absolute atomic E-state index is 0.181. The van der Waals surface area contributed by atoms with Crippen LogP contribution < -0.4 is 10.2 Å². The first-order chi connectivity index (χ1) is 18.4. The summed E-state index contributed by atoms with van der Waals surface area (Å²) in [6, 6.07) is 9.06. The number of halogens is 1. The van der Waals surface area contributed by atoms with Gasteiger partial charge in [0.2, 0.25) is 0 Å². The number of hydrogen-bond donors (Lipinski definition) is 1. The summed E-state index contributed by atoms with van der Waals surface area (Å²) in [5.74, 6) is -0.0202. The molecule has 2 aromatic rings. The maximum atomic E-state index is 13.8.